The summed E-state index contributed by atoms with van der Waals surface area (Å²) in [5.74, 6) is -1.96. The zero-order valence-electron chi connectivity index (χ0n) is 12.7. The molecule has 4 atom stereocenters. The van der Waals surface area contributed by atoms with Gasteiger partial charge < -0.3 is 23.7 Å². The average molecular weight is 304 g/mol. The van der Waals surface area contributed by atoms with Gasteiger partial charge in [-0.2, -0.15) is 0 Å². The van der Waals surface area contributed by atoms with Gasteiger partial charge in [0, 0.05) is 0 Å². The molecule has 0 amide bonds. The van der Waals surface area contributed by atoms with E-state index >= 15 is 0 Å². The molecule has 1 aromatic carbocycles. The molecule has 0 saturated carbocycles. The molecule has 1 aromatic rings. The summed E-state index contributed by atoms with van der Waals surface area (Å²) >= 11 is 0. The van der Waals surface area contributed by atoms with Gasteiger partial charge in [-0.25, -0.2) is 0 Å². The molecule has 2 fully saturated rings. The van der Waals surface area contributed by atoms with E-state index in [2.05, 4.69) is 6.58 Å². The molecule has 2 aliphatic heterocycles. The van der Waals surface area contributed by atoms with Crippen molar-refractivity contribution in [1.29, 1.82) is 0 Å². The fourth-order valence-corrected chi connectivity index (χ4v) is 2.95. The number of aldehydes is 1. The monoisotopic (exact) mass is 304 g/mol. The summed E-state index contributed by atoms with van der Waals surface area (Å²) in [6.45, 7) is 7.72. The summed E-state index contributed by atoms with van der Waals surface area (Å²) in [5.41, 5.74) is 1.02. The van der Waals surface area contributed by atoms with Crippen molar-refractivity contribution in [2.75, 3.05) is 0 Å². The highest BCUT2D eigenvalue weighted by Gasteiger charge is 2.64. The zero-order valence-corrected chi connectivity index (χ0v) is 12.7. The van der Waals surface area contributed by atoms with Crippen LogP contribution in [0.4, 0.5) is 0 Å². The molecule has 22 heavy (non-hydrogen) atoms. The maximum absolute atomic E-state index is 11.3. The Kier molecular flexibility index (Phi) is 3.91. The van der Waals surface area contributed by atoms with Crippen LogP contribution in [0.15, 0.2) is 43.0 Å². The van der Waals surface area contributed by atoms with E-state index in [0.29, 0.717) is 6.61 Å². The first kappa shape index (κ1) is 15.4. The van der Waals surface area contributed by atoms with E-state index in [1.165, 1.54) is 6.08 Å². The van der Waals surface area contributed by atoms with Gasteiger partial charge in [0.1, 0.15) is 18.3 Å². The van der Waals surface area contributed by atoms with Crippen LogP contribution in [0.1, 0.15) is 19.4 Å². The van der Waals surface area contributed by atoms with Gasteiger partial charge in [0.25, 0.3) is 0 Å². The van der Waals surface area contributed by atoms with Gasteiger partial charge in [0.2, 0.25) is 5.79 Å². The molecule has 0 radical (unpaired) electrons. The van der Waals surface area contributed by atoms with Gasteiger partial charge in [0.15, 0.2) is 12.1 Å². The minimum absolute atomic E-state index is 0.368. The Morgan fingerprint density at radius 1 is 1.27 bits per heavy atom. The maximum atomic E-state index is 11.3. The van der Waals surface area contributed by atoms with Gasteiger partial charge in [0.05, 0.1) is 6.61 Å². The van der Waals surface area contributed by atoms with Crippen molar-refractivity contribution in [1.82, 2.24) is 0 Å². The van der Waals surface area contributed by atoms with Crippen LogP contribution in [0.5, 0.6) is 0 Å². The number of benzene rings is 1. The van der Waals surface area contributed by atoms with Crippen molar-refractivity contribution >= 4 is 6.29 Å². The van der Waals surface area contributed by atoms with Crippen LogP contribution in [0, 0.1) is 0 Å². The lowest BCUT2D eigenvalue weighted by atomic mass is 10.1. The fraction of sp³-hybridized carbons (Fsp3) is 0.471. The molecule has 0 bridgehead atoms. The number of carbonyl (C=O) groups is 1. The van der Waals surface area contributed by atoms with Crippen molar-refractivity contribution in [2.45, 2.75) is 50.3 Å². The lowest BCUT2D eigenvalue weighted by Gasteiger charge is -2.24. The molecule has 0 aromatic heterocycles. The van der Waals surface area contributed by atoms with Crippen molar-refractivity contribution in [2.24, 2.45) is 0 Å². The number of hydrogen-bond donors (Lipinski definition) is 0. The lowest BCUT2D eigenvalue weighted by Crippen LogP contribution is -2.40. The van der Waals surface area contributed by atoms with Crippen LogP contribution in [0.3, 0.4) is 0 Å². The first-order valence-electron chi connectivity index (χ1n) is 7.30. The Labute approximate surface area is 129 Å². The van der Waals surface area contributed by atoms with E-state index < -0.39 is 29.9 Å². The fourth-order valence-electron chi connectivity index (χ4n) is 2.95. The molecule has 3 rings (SSSR count). The van der Waals surface area contributed by atoms with Gasteiger partial charge in [-0.05, 0) is 25.5 Å². The summed E-state index contributed by atoms with van der Waals surface area (Å²) in [6, 6.07) is 9.74. The Morgan fingerprint density at radius 3 is 2.64 bits per heavy atom. The van der Waals surface area contributed by atoms with E-state index in [4.69, 9.17) is 18.9 Å². The number of rotatable bonds is 5. The van der Waals surface area contributed by atoms with Crippen LogP contribution >= 0.6 is 0 Å². The normalized spacial score (nSPS) is 36.0. The highest BCUT2D eigenvalue weighted by Crippen LogP contribution is 2.46. The average Bonchev–Trinajstić information content (AvgIpc) is 2.93. The standard InChI is InChI=1S/C17H20O5/c1-4-17-15(21-16(2,3)22-17)14(13(10-18)20-17)19-11-12-8-6-5-7-9-12/h4-10,13-15H,1,11H2,2-3H3/t13-,14-,15-,17-/m0/s1. The molecule has 5 nitrogen and oxygen atoms in total. The summed E-state index contributed by atoms with van der Waals surface area (Å²) in [7, 11) is 0. The summed E-state index contributed by atoms with van der Waals surface area (Å²) < 4.78 is 23.4. The summed E-state index contributed by atoms with van der Waals surface area (Å²) in [5, 5.41) is 0. The van der Waals surface area contributed by atoms with Gasteiger partial charge in [-0.15, -0.1) is 0 Å². The summed E-state index contributed by atoms with van der Waals surface area (Å²) in [4.78, 5) is 11.3. The highest BCUT2D eigenvalue weighted by atomic mass is 16.9. The largest absolute Gasteiger partial charge is 0.367 e. The molecule has 118 valence electrons. The zero-order chi connectivity index (χ0) is 15.8. The van der Waals surface area contributed by atoms with Crippen molar-refractivity contribution in [3.8, 4) is 0 Å². The number of carbonyl (C=O) groups excluding carboxylic acids is 1. The van der Waals surface area contributed by atoms with E-state index in [1.807, 2.05) is 30.3 Å². The Bertz CT molecular complexity index is 555. The van der Waals surface area contributed by atoms with E-state index in [9.17, 15) is 4.79 Å². The lowest BCUT2D eigenvalue weighted by molar-refractivity contribution is -0.241. The third-order valence-electron chi connectivity index (χ3n) is 3.86. The minimum atomic E-state index is -1.14. The van der Waals surface area contributed by atoms with Crippen molar-refractivity contribution in [3.63, 3.8) is 0 Å². The Hall–Kier alpha value is -1.53. The molecule has 0 aliphatic carbocycles. The molecule has 2 heterocycles. The number of ether oxygens (including phenoxy) is 4. The molecule has 5 heteroatoms. The Morgan fingerprint density at radius 2 is 2.00 bits per heavy atom. The second-order valence-corrected chi connectivity index (χ2v) is 5.95. The van der Waals surface area contributed by atoms with Gasteiger partial charge in [-0.1, -0.05) is 36.9 Å². The molecule has 0 spiro atoms. The number of hydrogen-bond acceptors (Lipinski definition) is 5. The van der Waals surface area contributed by atoms with Crippen LogP contribution in [-0.2, 0) is 30.3 Å². The van der Waals surface area contributed by atoms with Crippen LogP contribution < -0.4 is 0 Å². The SMILES string of the molecule is C=C[C@@]12O[C@@H](C=O)[C@H](OCc3ccccc3)[C@@H]1OC(C)(C)O2. The van der Waals surface area contributed by atoms with Crippen LogP contribution in [0.2, 0.25) is 0 Å². The second kappa shape index (κ2) is 5.59. The predicted molar refractivity (Wildman–Crippen MR) is 78.9 cm³/mol. The quantitative estimate of drug-likeness (QED) is 0.616. The third-order valence-corrected chi connectivity index (χ3v) is 3.86. The minimum Gasteiger partial charge on any atom is -0.367 e. The first-order valence-corrected chi connectivity index (χ1v) is 7.30. The molecular weight excluding hydrogens is 284 g/mol. The highest BCUT2D eigenvalue weighted by molar-refractivity contribution is 5.58. The topological polar surface area (TPSA) is 54.0 Å². The van der Waals surface area contributed by atoms with E-state index in [1.54, 1.807) is 13.8 Å². The molecular formula is C17H20O5. The summed E-state index contributed by atoms with van der Waals surface area (Å²) in [6.07, 6.45) is 0.438. The Balaban J connectivity index is 1.79. The second-order valence-electron chi connectivity index (χ2n) is 5.95. The first-order chi connectivity index (χ1) is 10.5. The van der Waals surface area contributed by atoms with Gasteiger partial charge >= 0.3 is 0 Å². The number of fused-ring (bicyclic) bond motifs is 1. The van der Waals surface area contributed by atoms with Gasteiger partial charge in [-0.3, -0.25) is 0 Å². The van der Waals surface area contributed by atoms with Crippen LogP contribution in [-0.4, -0.2) is 36.2 Å². The molecule has 0 N–H and O–H groups in total. The van der Waals surface area contributed by atoms with Crippen LogP contribution in [0.25, 0.3) is 0 Å². The van der Waals surface area contributed by atoms with Crippen molar-refractivity contribution in [3.05, 3.63) is 48.6 Å². The van der Waals surface area contributed by atoms with E-state index in [-0.39, 0.29) is 0 Å². The van der Waals surface area contributed by atoms with E-state index in [0.717, 1.165) is 11.8 Å². The molecule has 2 aliphatic rings. The van der Waals surface area contributed by atoms with Crippen molar-refractivity contribution < 1.29 is 23.7 Å². The predicted octanol–water partition coefficient (Wildman–Crippen LogP) is 2.20. The molecule has 2 saturated heterocycles. The molecule has 0 unspecified atom stereocenters. The third kappa shape index (κ3) is 2.61. The smallest absolute Gasteiger partial charge is 0.220 e. The maximum Gasteiger partial charge on any atom is 0.220 e.